The molecule has 2 aromatic rings. The molecule has 2 N–H and O–H groups in total. The van der Waals surface area contributed by atoms with E-state index < -0.39 is 11.7 Å². The van der Waals surface area contributed by atoms with E-state index in [4.69, 9.17) is 10.2 Å². The van der Waals surface area contributed by atoms with Crippen LogP contribution in [0.4, 0.5) is 0 Å². The molecular formula is C11H12N2O4. The van der Waals surface area contributed by atoms with Crippen molar-refractivity contribution in [1.29, 1.82) is 0 Å². The molecule has 0 amide bonds. The highest BCUT2D eigenvalue weighted by atomic mass is 16.4. The molecule has 0 atom stereocenters. The van der Waals surface area contributed by atoms with Crippen LogP contribution in [0.25, 0.3) is 11.0 Å². The third-order valence-electron chi connectivity index (χ3n) is 2.54. The van der Waals surface area contributed by atoms with Gasteiger partial charge in [0, 0.05) is 0 Å². The number of para-hydroxylation sites is 2. The van der Waals surface area contributed by atoms with Gasteiger partial charge in [0.2, 0.25) is 0 Å². The molecule has 0 bridgehead atoms. The molecule has 1 heterocycles. The number of fused-ring (bicyclic) bond motifs is 1. The Kier molecular flexibility index (Phi) is 2.97. The van der Waals surface area contributed by atoms with Crippen molar-refractivity contribution in [3.63, 3.8) is 0 Å². The van der Waals surface area contributed by atoms with Gasteiger partial charge in [-0.1, -0.05) is 12.1 Å². The van der Waals surface area contributed by atoms with E-state index in [1.807, 2.05) is 0 Å². The Hall–Kier alpha value is -2.08. The molecule has 0 spiro atoms. The van der Waals surface area contributed by atoms with Gasteiger partial charge in [0.15, 0.2) is 0 Å². The molecule has 90 valence electrons. The highest BCUT2D eigenvalue weighted by Crippen LogP contribution is 2.12. The second-order valence-corrected chi connectivity index (χ2v) is 3.63. The second kappa shape index (κ2) is 4.42. The van der Waals surface area contributed by atoms with Gasteiger partial charge >= 0.3 is 11.7 Å². The van der Waals surface area contributed by atoms with Gasteiger partial charge < -0.3 is 10.2 Å². The van der Waals surface area contributed by atoms with Gasteiger partial charge in [-0.15, -0.1) is 0 Å². The quantitative estimate of drug-likeness (QED) is 0.775. The average Bonchev–Trinajstić information content (AvgIpc) is 2.55. The number of benzene rings is 1. The van der Waals surface area contributed by atoms with Gasteiger partial charge in [-0.3, -0.25) is 13.9 Å². The van der Waals surface area contributed by atoms with E-state index in [1.54, 1.807) is 24.3 Å². The van der Waals surface area contributed by atoms with Crippen molar-refractivity contribution in [2.24, 2.45) is 0 Å². The fourth-order valence-electron chi connectivity index (χ4n) is 1.88. The number of aromatic nitrogens is 2. The summed E-state index contributed by atoms with van der Waals surface area (Å²) in [7, 11) is 0. The Morgan fingerprint density at radius 1 is 1.18 bits per heavy atom. The van der Waals surface area contributed by atoms with E-state index in [1.165, 1.54) is 9.13 Å². The molecule has 0 saturated carbocycles. The minimum atomic E-state index is -1.07. The van der Waals surface area contributed by atoms with Crippen molar-refractivity contribution in [1.82, 2.24) is 9.13 Å². The Labute approximate surface area is 96.3 Å². The van der Waals surface area contributed by atoms with Crippen molar-refractivity contribution < 1.29 is 15.0 Å². The fourth-order valence-corrected chi connectivity index (χ4v) is 1.88. The van der Waals surface area contributed by atoms with E-state index in [2.05, 4.69) is 0 Å². The van der Waals surface area contributed by atoms with Crippen molar-refractivity contribution in [2.45, 2.75) is 13.1 Å². The lowest BCUT2D eigenvalue weighted by Crippen LogP contribution is -2.27. The highest BCUT2D eigenvalue weighted by molar-refractivity contribution is 5.78. The van der Waals surface area contributed by atoms with Crippen molar-refractivity contribution in [3.05, 3.63) is 34.7 Å². The zero-order valence-corrected chi connectivity index (χ0v) is 9.04. The van der Waals surface area contributed by atoms with Crippen LogP contribution in [0.5, 0.6) is 0 Å². The standard InChI is InChI=1S/C11H12N2O4/c14-6-5-12-8-3-1-2-4-9(8)13(11(12)17)7-10(15)16/h1-4,14H,5-7H2,(H,15,16). The summed E-state index contributed by atoms with van der Waals surface area (Å²) in [5, 5.41) is 17.7. The predicted molar refractivity (Wildman–Crippen MR) is 60.9 cm³/mol. The van der Waals surface area contributed by atoms with Crippen LogP contribution in [-0.4, -0.2) is 31.9 Å². The normalized spacial score (nSPS) is 10.9. The van der Waals surface area contributed by atoms with E-state index in [0.29, 0.717) is 11.0 Å². The third-order valence-corrected chi connectivity index (χ3v) is 2.54. The number of carboxylic acid groups (broad SMARTS) is 1. The summed E-state index contributed by atoms with van der Waals surface area (Å²) in [6.07, 6.45) is 0. The molecular weight excluding hydrogens is 224 g/mol. The summed E-state index contributed by atoms with van der Waals surface area (Å²) >= 11 is 0. The second-order valence-electron chi connectivity index (χ2n) is 3.63. The van der Waals surface area contributed by atoms with Gasteiger partial charge in [0.25, 0.3) is 0 Å². The molecule has 6 nitrogen and oxygen atoms in total. The van der Waals surface area contributed by atoms with Crippen molar-refractivity contribution >= 4 is 17.0 Å². The maximum Gasteiger partial charge on any atom is 0.329 e. The molecule has 0 aliphatic carbocycles. The number of rotatable bonds is 4. The molecule has 0 unspecified atom stereocenters. The number of aliphatic hydroxyl groups excluding tert-OH is 1. The SMILES string of the molecule is O=C(O)Cn1c(=O)n(CCO)c2ccccc21. The van der Waals surface area contributed by atoms with E-state index in [9.17, 15) is 9.59 Å². The first kappa shape index (κ1) is 11.4. The number of imidazole rings is 1. The summed E-state index contributed by atoms with van der Waals surface area (Å²) in [6, 6.07) is 6.92. The summed E-state index contributed by atoms with van der Waals surface area (Å²) in [5.74, 6) is -1.07. The first-order chi connectivity index (χ1) is 8.15. The van der Waals surface area contributed by atoms with Crippen LogP contribution >= 0.6 is 0 Å². The van der Waals surface area contributed by atoms with E-state index >= 15 is 0 Å². The van der Waals surface area contributed by atoms with Crippen LogP contribution in [0.1, 0.15) is 0 Å². The van der Waals surface area contributed by atoms with E-state index in [-0.39, 0.29) is 19.7 Å². The Morgan fingerprint density at radius 3 is 2.29 bits per heavy atom. The Balaban J connectivity index is 2.70. The van der Waals surface area contributed by atoms with Crippen LogP contribution in [0.3, 0.4) is 0 Å². The first-order valence-electron chi connectivity index (χ1n) is 5.16. The highest BCUT2D eigenvalue weighted by Gasteiger charge is 2.13. The largest absolute Gasteiger partial charge is 0.480 e. The number of aliphatic hydroxyl groups is 1. The number of carbonyl (C=O) groups is 1. The summed E-state index contributed by atoms with van der Waals surface area (Å²) in [5.41, 5.74) is 0.781. The number of aliphatic carboxylic acids is 1. The lowest BCUT2D eigenvalue weighted by atomic mass is 10.3. The van der Waals surface area contributed by atoms with Crippen LogP contribution in [-0.2, 0) is 17.9 Å². The first-order valence-corrected chi connectivity index (χ1v) is 5.16. The van der Waals surface area contributed by atoms with Crippen LogP contribution in [0, 0.1) is 0 Å². The number of hydrogen-bond donors (Lipinski definition) is 2. The maximum absolute atomic E-state index is 12.0. The minimum absolute atomic E-state index is 0.159. The molecule has 0 fully saturated rings. The maximum atomic E-state index is 12.0. The molecule has 0 aliphatic rings. The van der Waals surface area contributed by atoms with Gasteiger partial charge in [0.1, 0.15) is 6.54 Å². The Morgan fingerprint density at radius 2 is 1.76 bits per heavy atom. The van der Waals surface area contributed by atoms with Crippen LogP contribution < -0.4 is 5.69 Å². The topological polar surface area (TPSA) is 84.5 Å². The van der Waals surface area contributed by atoms with Gasteiger partial charge in [-0.2, -0.15) is 0 Å². The summed E-state index contributed by atoms with van der Waals surface area (Å²) in [6.45, 7) is -0.384. The van der Waals surface area contributed by atoms with Gasteiger partial charge in [-0.25, -0.2) is 4.79 Å². The monoisotopic (exact) mass is 236 g/mol. The molecule has 1 aromatic heterocycles. The molecule has 0 saturated heterocycles. The lowest BCUT2D eigenvalue weighted by molar-refractivity contribution is -0.137. The molecule has 17 heavy (non-hydrogen) atoms. The molecule has 1 aromatic carbocycles. The minimum Gasteiger partial charge on any atom is -0.480 e. The summed E-state index contributed by atoms with van der Waals surface area (Å²) < 4.78 is 2.56. The molecule has 6 heteroatoms. The van der Waals surface area contributed by atoms with Crippen LogP contribution in [0.15, 0.2) is 29.1 Å². The summed E-state index contributed by atoms with van der Waals surface area (Å²) in [4.78, 5) is 22.7. The molecule has 0 radical (unpaired) electrons. The predicted octanol–water partition coefficient (Wildman–Crippen LogP) is -0.120. The van der Waals surface area contributed by atoms with Gasteiger partial charge in [-0.05, 0) is 12.1 Å². The zero-order chi connectivity index (χ0) is 12.4. The molecule has 0 aliphatic heterocycles. The number of carboxylic acids is 1. The fraction of sp³-hybridized carbons (Fsp3) is 0.273. The molecule has 2 rings (SSSR count). The number of nitrogens with zero attached hydrogens (tertiary/aromatic N) is 2. The van der Waals surface area contributed by atoms with E-state index in [0.717, 1.165) is 0 Å². The zero-order valence-electron chi connectivity index (χ0n) is 9.04. The van der Waals surface area contributed by atoms with Crippen molar-refractivity contribution in [2.75, 3.05) is 6.61 Å². The lowest BCUT2D eigenvalue weighted by Gasteiger charge is -1.97. The Bertz CT molecular complexity index is 611. The number of hydrogen-bond acceptors (Lipinski definition) is 3. The average molecular weight is 236 g/mol. The third kappa shape index (κ3) is 1.94. The van der Waals surface area contributed by atoms with Gasteiger partial charge in [0.05, 0.1) is 24.2 Å². The smallest absolute Gasteiger partial charge is 0.329 e. The van der Waals surface area contributed by atoms with Crippen molar-refractivity contribution in [3.8, 4) is 0 Å². The van der Waals surface area contributed by atoms with Crippen LogP contribution in [0.2, 0.25) is 0 Å².